The van der Waals surface area contributed by atoms with E-state index in [9.17, 15) is 10.1 Å². The van der Waals surface area contributed by atoms with Gasteiger partial charge in [0, 0.05) is 26.2 Å². The average molecular weight is 336 g/mol. The van der Waals surface area contributed by atoms with Crippen LogP contribution in [0.1, 0.15) is 38.5 Å². The third-order valence-corrected chi connectivity index (χ3v) is 4.49. The molecule has 0 spiro atoms. The first kappa shape index (κ1) is 16.7. The van der Waals surface area contributed by atoms with Crippen LogP contribution in [0.15, 0.2) is 0 Å². The molecule has 0 saturated carbocycles. The molecule has 2 aliphatic rings. The van der Waals surface area contributed by atoms with E-state index in [2.05, 4.69) is 20.2 Å². The number of nitrogen functional groups attached to an aromatic ring is 1. The highest BCUT2D eigenvalue weighted by atomic mass is 16.6. The zero-order chi connectivity index (χ0) is 16.9. The minimum absolute atomic E-state index is 0.0578. The van der Waals surface area contributed by atoms with E-state index in [4.69, 9.17) is 10.5 Å². The van der Waals surface area contributed by atoms with Gasteiger partial charge in [-0.2, -0.15) is 9.97 Å². The molecule has 2 aliphatic heterocycles. The Morgan fingerprint density at radius 1 is 1.25 bits per heavy atom. The molecule has 0 bridgehead atoms. The number of nitrogens with two attached hydrogens (primary N) is 1. The maximum Gasteiger partial charge on any atom is 0.353 e. The van der Waals surface area contributed by atoms with Gasteiger partial charge >= 0.3 is 5.69 Å². The second kappa shape index (κ2) is 7.61. The van der Waals surface area contributed by atoms with Gasteiger partial charge in [-0.05, 0) is 25.7 Å². The van der Waals surface area contributed by atoms with Crippen LogP contribution in [0.5, 0.6) is 0 Å². The molecule has 0 aliphatic carbocycles. The predicted molar refractivity (Wildman–Crippen MR) is 91.2 cm³/mol. The van der Waals surface area contributed by atoms with Gasteiger partial charge in [-0.1, -0.05) is 12.8 Å². The smallest absolute Gasteiger partial charge is 0.353 e. The Labute approximate surface area is 140 Å². The number of hydrogen-bond acceptors (Lipinski definition) is 8. The van der Waals surface area contributed by atoms with Crippen molar-refractivity contribution in [2.24, 2.45) is 0 Å². The van der Waals surface area contributed by atoms with Crippen LogP contribution >= 0.6 is 0 Å². The summed E-state index contributed by atoms with van der Waals surface area (Å²) < 4.78 is 5.55. The Morgan fingerprint density at radius 2 is 2.00 bits per heavy atom. The van der Waals surface area contributed by atoms with Gasteiger partial charge in [-0.15, -0.1) is 0 Å². The van der Waals surface area contributed by atoms with Gasteiger partial charge in [0.2, 0.25) is 17.6 Å². The molecule has 3 heterocycles. The van der Waals surface area contributed by atoms with Crippen LogP contribution in [-0.4, -0.2) is 47.2 Å². The van der Waals surface area contributed by atoms with Crippen molar-refractivity contribution in [3.8, 4) is 0 Å². The van der Waals surface area contributed by atoms with Crippen molar-refractivity contribution in [1.29, 1.82) is 0 Å². The lowest BCUT2D eigenvalue weighted by atomic mass is 10.2. The lowest BCUT2D eigenvalue weighted by Gasteiger charge is -2.21. The Bertz CT molecular complexity index is 583. The van der Waals surface area contributed by atoms with Gasteiger partial charge < -0.3 is 20.7 Å². The standard InChI is InChI=1S/C15H24N6O3/c16-13-12(21(22)23)14(17-10-11-6-5-9-24-11)19-15(18-13)20-7-3-1-2-4-8-20/h11H,1-10H2,(H3,16,17,18,19)/t11-/m0/s1. The van der Waals surface area contributed by atoms with Crippen molar-refractivity contribution in [2.45, 2.75) is 44.6 Å². The Morgan fingerprint density at radius 3 is 2.62 bits per heavy atom. The van der Waals surface area contributed by atoms with Crippen molar-refractivity contribution < 1.29 is 9.66 Å². The highest BCUT2D eigenvalue weighted by Crippen LogP contribution is 2.31. The Hall–Kier alpha value is -2.16. The molecule has 0 unspecified atom stereocenters. The monoisotopic (exact) mass is 336 g/mol. The van der Waals surface area contributed by atoms with Crippen LogP contribution in [-0.2, 0) is 4.74 Å². The molecular weight excluding hydrogens is 312 g/mol. The number of ether oxygens (including phenoxy) is 1. The molecule has 2 fully saturated rings. The molecule has 3 N–H and O–H groups in total. The first-order valence-electron chi connectivity index (χ1n) is 8.57. The summed E-state index contributed by atoms with van der Waals surface area (Å²) in [5.74, 6) is 0.557. The third kappa shape index (κ3) is 3.84. The topological polar surface area (TPSA) is 119 Å². The van der Waals surface area contributed by atoms with E-state index in [-0.39, 0.29) is 23.4 Å². The number of nitro groups is 1. The van der Waals surface area contributed by atoms with Gasteiger partial charge in [0.05, 0.1) is 11.0 Å². The van der Waals surface area contributed by atoms with Crippen LogP contribution in [0.25, 0.3) is 0 Å². The minimum atomic E-state index is -0.528. The summed E-state index contributed by atoms with van der Waals surface area (Å²) in [4.78, 5) is 21.5. The highest BCUT2D eigenvalue weighted by Gasteiger charge is 2.26. The fourth-order valence-corrected chi connectivity index (χ4v) is 3.19. The summed E-state index contributed by atoms with van der Waals surface area (Å²) in [6.45, 7) is 2.92. The minimum Gasteiger partial charge on any atom is -0.378 e. The molecule has 0 aromatic carbocycles. The lowest BCUT2D eigenvalue weighted by molar-refractivity contribution is -0.383. The number of nitrogens with one attached hydrogen (secondary N) is 1. The molecule has 9 heteroatoms. The highest BCUT2D eigenvalue weighted by molar-refractivity contribution is 5.70. The van der Waals surface area contributed by atoms with E-state index in [1.54, 1.807) is 0 Å². The van der Waals surface area contributed by atoms with Gasteiger partial charge in [-0.25, -0.2) is 0 Å². The van der Waals surface area contributed by atoms with Crippen molar-refractivity contribution in [3.05, 3.63) is 10.1 Å². The second-order valence-corrected chi connectivity index (χ2v) is 6.28. The first-order chi connectivity index (χ1) is 11.6. The molecule has 3 rings (SSSR count). The van der Waals surface area contributed by atoms with Crippen molar-refractivity contribution in [1.82, 2.24) is 9.97 Å². The number of hydrogen-bond donors (Lipinski definition) is 2. The summed E-state index contributed by atoms with van der Waals surface area (Å²) >= 11 is 0. The largest absolute Gasteiger partial charge is 0.378 e. The molecule has 24 heavy (non-hydrogen) atoms. The summed E-state index contributed by atoms with van der Waals surface area (Å²) in [6.07, 6.45) is 6.52. The second-order valence-electron chi connectivity index (χ2n) is 6.28. The summed E-state index contributed by atoms with van der Waals surface area (Å²) in [5, 5.41) is 14.4. The zero-order valence-corrected chi connectivity index (χ0v) is 13.7. The van der Waals surface area contributed by atoms with Crippen LogP contribution in [0.3, 0.4) is 0 Å². The number of anilines is 3. The van der Waals surface area contributed by atoms with E-state index in [1.165, 1.54) is 12.8 Å². The Kier molecular flexibility index (Phi) is 5.29. The fraction of sp³-hybridized carbons (Fsp3) is 0.733. The van der Waals surface area contributed by atoms with Crippen LogP contribution < -0.4 is 16.0 Å². The summed E-state index contributed by atoms with van der Waals surface area (Å²) in [6, 6.07) is 0. The summed E-state index contributed by atoms with van der Waals surface area (Å²) in [7, 11) is 0. The molecule has 2 saturated heterocycles. The summed E-state index contributed by atoms with van der Waals surface area (Å²) in [5.41, 5.74) is 5.60. The first-order valence-corrected chi connectivity index (χ1v) is 8.57. The van der Waals surface area contributed by atoms with Crippen LogP contribution in [0.2, 0.25) is 0 Å². The van der Waals surface area contributed by atoms with Gasteiger partial charge in [0.25, 0.3) is 0 Å². The average Bonchev–Trinajstić information content (AvgIpc) is 2.92. The quantitative estimate of drug-likeness (QED) is 0.618. The number of nitrogens with zero attached hydrogens (tertiary/aromatic N) is 4. The molecule has 132 valence electrons. The van der Waals surface area contributed by atoms with E-state index in [0.717, 1.165) is 45.4 Å². The molecule has 1 aromatic heterocycles. The number of aromatic nitrogens is 2. The Balaban J connectivity index is 1.83. The predicted octanol–water partition coefficient (Wildman–Crippen LogP) is 1.94. The van der Waals surface area contributed by atoms with E-state index >= 15 is 0 Å². The van der Waals surface area contributed by atoms with Crippen molar-refractivity contribution >= 4 is 23.3 Å². The maximum absolute atomic E-state index is 11.3. The van der Waals surface area contributed by atoms with Gasteiger partial charge in [-0.3, -0.25) is 10.1 Å². The molecule has 1 atom stereocenters. The van der Waals surface area contributed by atoms with Crippen LogP contribution in [0.4, 0.5) is 23.3 Å². The normalized spacial score (nSPS) is 21.5. The molecule has 0 amide bonds. The zero-order valence-electron chi connectivity index (χ0n) is 13.7. The molecular formula is C15H24N6O3. The van der Waals surface area contributed by atoms with Crippen molar-refractivity contribution in [3.63, 3.8) is 0 Å². The SMILES string of the molecule is Nc1nc(N2CCCCCC2)nc(NC[C@@H]2CCCO2)c1[N+](=O)[O-]. The molecule has 0 radical (unpaired) electrons. The molecule has 9 nitrogen and oxygen atoms in total. The van der Waals surface area contributed by atoms with E-state index in [0.29, 0.717) is 12.5 Å². The van der Waals surface area contributed by atoms with Crippen molar-refractivity contribution in [2.75, 3.05) is 42.2 Å². The molecule has 1 aromatic rings. The van der Waals surface area contributed by atoms with Gasteiger partial charge in [0.1, 0.15) is 0 Å². The number of rotatable bonds is 5. The van der Waals surface area contributed by atoms with E-state index < -0.39 is 4.92 Å². The third-order valence-electron chi connectivity index (χ3n) is 4.49. The van der Waals surface area contributed by atoms with Gasteiger partial charge in [0.15, 0.2) is 0 Å². The van der Waals surface area contributed by atoms with E-state index in [1.807, 2.05) is 0 Å². The maximum atomic E-state index is 11.3. The lowest BCUT2D eigenvalue weighted by Crippen LogP contribution is -2.27. The fourth-order valence-electron chi connectivity index (χ4n) is 3.19. The van der Waals surface area contributed by atoms with Crippen LogP contribution in [0, 0.1) is 10.1 Å².